The number of hydrazone groups is 1. The molecule has 0 aliphatic carbocycles. The van der Waals surface area contributed by atoms with Gasteiger partial charge in [-0.1, -0.05) is 19.9 Å². The Bertz CT molecular complexity index is 469. The molecule has 0 bridgehead atoms. The number of carbonyl (C=O) groups excluding carboxylic acids is 2. The number of carbonyl (C=O) groups is 2. The van der Waals surface area contributed by atoms with E-state index in [0.717, 1.165) is 0 Å². The van der Waals surface area contributed by atoms with Crippen molar-refractivity contribution in [2.45, 2.75) is 27.2 Å². The Kier molecular flexibility index (Phi) is 5.66. The second-order valence-electron chi connectivity index (χ2n) is 4.42. The highest BCUT2D eigenvalue weighted by Gasteiger charge is 2.07. The van der Waals surface area contributed by atoms with Crippen molar-refractivity contribution in [3.8, 4) is 0 Å². The highest BCUT2D eigenvalue weighted by atomic mass is 16.2. The van der Waals surface area contributed by atoms with Gasteiger partial charge in [-0.05, 0) is 19.1 Å². The standard InChI is InChI=1S/C13H18N4O2/c1-9(2)13(19)17-16-10(3)8-12(18)15-11-6-4-5-7-14-11/h4-7,9H,8H2,1-3H3,(H,17,19)(H,14,15,18)/b16-10-. The maximum atomic E-state index is 11.7. The molecule has 0 aromatic carbocycles. The summed E-state index contributed by atoms with van der Waals surface area (Å²) in [6.07, 6.45) is 1.70. The van der Waals surface area contributed by atoms with Crippen LogP contribution in [0.5, 0.6) is 0 Å². The van der Waals surface area contributed by atoms with E-state index in [9.17, 15) is 9.59 Å². The van der Waals surface area contributed by atoms with Gasteiger partial charge in [0.1, 0.15) is 5.82 Å². The summed E-state index contributed by atoms with van der Waals surface area (Å²) in [6, 6.07) is 5.25. The summed E-state index contributed by atoms with van der Waals surface area (Å²) in [5.41, 5.74) is 2.93. The van der Waals surface area contributed by atoms with Gasteiger partial charge in [0, 0.05) is 17.8 Å². The molecule has 102 valence electrons. The van der Waals surface area contributed by atoms with Crippen LogP contribution in [-0.2, 0) is 9.59 Å². The SMILES string of the molecule is C/C(CC(=O)Nc1ccccn1)=N/NC(=O)C(C)C. The van der Waals surface area contributed by atoms with Gasteiger partial charge in [0.25, 0.3) is 0 Å². The maximum Gasteiger partial charge on any atom is 0.242 e. The lowest BCUT2D eigenvalue weighted by Gasteiger charge is -2.05. The molecular weight excluding hydrogens is 244 g/mol. The molecule has 0 radical (unpaired) electrons. The van der Waals surface area contributed by atoms with E-state index in [4.69, 9.17) is 0 Å². The number of amides is 2. The molecule has 2 amide bonds. The largest absolute Gasteiger partial charge is 0.310 e. The molecule has 1 aromatic heterocycles. The summed E-state index contributed by atoms with van der Waals surface area (Å²) >= 11 is 0. The zero-order chi connectivity index (χ0) is 14.3. The van der Waals surface area contributed by atoms with E-state index in [1.165, 1.54) is 0 Å². The Morgan fingerprint density at radius 3 is 2.68 bits per heavy atom. The van der Waals surface area contributed by atoms with Crippen LogP contribution in [0.25, 0.3) is 0 Å². The fraction of sp³-hybridized carbons (Fsp3) is 0.385. The quantitative estimate of drug-likeness (QED) is 0.624. The Balaban J connectivity index is 2.44. The summed E-state index contributed by atoms with van der Waals surface area (Å²) in [6.45, 7) is 5.22. The number of anilines is 1. The maximum absolute atomic E-state index is 11.7. The molecule has 0 aliphatic heterocycles. The van der Waals surface area contributed by atoms with E-state index < -0.39 is 0 Å². The Hall–Kier alpha value is -2.24. The third-order valence-electron chi connectivity index (χ3n) is 2.23. The van der Waals surface area contributed by atoms with E-state index >= 15 is 0 Å². The minimum atomic E-state index is -0.223. The van der Waals surface area contributed by atoms with Crippen molar-refractivity contribution in [3.63, 3.8) is 0 Å². The second-order valence-corrected chi connectivity index (χ2v) is 4.42. The van der Waals surface area contributed by atoms with Gasteiger partial charge in [-0.25, -0.2) is 10.4 Å². The van der Waals surface area contributed by atoms with Crippen LogP contribution in [0.4, 0.5) is 5.82 Å². The van der Waals surface area contributed by atoms with Crippen molar-refractivity contribution in [2.24, 2.45) is 11.0 Å². The predicted molar refractivity (Wildman–Crippen MR) is 73.6 cm³/mol. The molecule has 0 aliphatic rings. The van der Waals surface area contributed by atoms with Crippen LogP contribution in [0, 0.1) is 5.92 Å². The van der Waals surface area contributed by atoms with Crippen molar-refractivity contribution in [3.05, 3.63) is 24.4 Å². The number of aromatic nitrogens is 1. The summed E-state index contributed by atoms with van der Waals surface area (Å²) in [4.78, 5) is 26.9. The van der Waals surface area contributed by atoms with Crippen LogP contribution in [0.3, 0.4) is 0 Å². The average Bonchev–Trinajstić information content (AvgIpc) is 2.36. The molecule has 6 heteroatoms. The lowest BCUT2D eigenvalue weighted by atomic mass is 10.2. The smallest absolute Gasteiger partial charge is 0.242 e. The average molecular weight is 262 g/mol. The van der Waals surface area contributed by atoms with Crippen molar-refractivity contribution in [1.29, 1.82) is 0 Å². The van der Waals surface area contributed by atoms with Crippen LogP contribution in [0.15, 0.2) is 29.5 Å². The third-order valence-corrected chi connectivity index (χ3v) is 2.23. The van der Waals surface area contributed by atoms with Crippen molar-refractivity contribution in [2.75, 3.05) is 5.32 Å². The van der Waals surface area contributed by atoms with E-state index in [-0.39, 0.29) is 24.2 Å². The van der Waals surface area contributed by atoms with E-state index in [1.807, 2.05) is 0 Å². The molecule has 6 nitrogen and oxygen atoms in total. The monoisotopic (exact) mass is 262 g/mol. The summed E-state index contributed by atoms with van der Waals surface area (Å²) < 4.78 is 0. The summed E-state index contributed by atoms with van der Waals surface area (Å²) in [5, 5.41) is 6.50. The summed E-state index contributed by atoms with van der Waals surface area (Å²) in [5.74, 6) is -0.0476. The topological polar surface area (TPSA) is 83.4 Å². The molecule has 0 unspecified atom stereocenters. The van der Waals surface area contributed by atoms with Crippen LogP contribution < -0.4 is 10.7 Å². The number of nitrogens with zero attached hydrogens (tertiary/aromatic N) is 2. The zero-order valence-electron chi connectivity index (χ0n) is 11.3. The van der Waals surface area contributed by atoms with Crippen LogP contribution in [-0.4, -0.2) is 22.5 Å². The number of hydrogen-bond acceptors (Lipinski definition) is 4. The number of rotatable bonds is 5. The second kappa shape index (κ2) is 7.25. The molecule has 19 heavy (non-hydrogen) atoms. The highest BCUT2D eigenvalue weighted by Crippen LogP contribution is 2.01. The van der Waals surface area contributed by atoms with E-state index in [0.29, 0.717) is 11.5 Å². The number of nitrogens with one attached hydrogen (secondary N) is 2. The zero-order valence-corrected chi connectivity index (χ0v) is 11.3. The highest BCUT2D eigenvalue weighted by molar-refractivity contribution is 6.05. The minimum absolute atomic E-state index is 0.106. The van der Waals surface area contributed by atoms with Crippen LogP contribution in [0.2, 0.25) is 0 Å². The lowest BCUT2D eigenvalue weighted by Crippen LogP contribution is -2.25. The van der Waals surface area contributed by atoms with Gasteiger partial charge in [-0.2, -0.15) is 5.10 Å². The fourth-order valence-corrected chi connectivity index (χ4v) is 1.18. The third kappa shape index (κ3) is 5.76. The molecule has 0 atom stereocenters. The molecular formula is C13H18N4O2. The molecule has 2 N–H and O–H groups in total. The van der Waals surface area contributed by atoms with Gasteiger partial charge in [-0.15, -0.1) is 0 Å². The molecule has 1 aromatic rings. The van der Waals surface area contributed by atoms with E-state index in [1.54, 1.807) is 45.2 Å². The van der Waals surface area contributed by atoms with Crippen molar-refractivity contribution < 1.29 is 9.59 Å². The minimum Gasteiger partial charge on any atom is -0.310 e. The Morgan fingerprint density at radius 2 is 2.11 bits per heavy atom. The first-order valence-corrected chi connectivity index (χ1v) is 6.03. The number of pyridine rings is 1. The van der Waals surface area contributed by atoms with Gasteiger partial charge < -0.3 is 5.32 Å². The molecule has 0 fully saturated rings. The Morgan fingerprint density at radius 1 is 1.37 bits per heavy atom. The van der Waals surface area contributed by atoms with Gasteiger partial charge in [-0.3, -0.25) is 9.59 Å². The Labute approximate surface area is 112 Å². The fourth-order valence-electron chi connectivity index (χ4n) is 1.18. The van der Waals surface area contributed by atoms with E-state index in [2.05, 4.69) is 20.8 Å². The first-order valence-electron chi connectivity index (χ1n) is 6.03. The lowest BCUT2D eigenvalue weighted by molar-refractivity contribution is -0.124. The predicted octanol–water partition coefficient (Wildman–Crippen LogP) is 1.56. The molecule has 0 spiro atoms. The first kappa shape index (κ1) is 14.8. The summed E-state index contributed by atoms with van der Waals surface area (Å²) in [7, 11) is 0. The van der Waals surface area contributed by atoms with Gasteiger partial charge >= 0.3 is 0 Å². The van der Waals surface area contributed by atoms with Gasteiger partial charge in [0.2, 0.25) is 11.8 Å². The van der Waals surface area contributed by atoms with Crippen molar-refractivity contribution in [1.82, 2.24) is 10.4 Å². The van der Waals surface area contributed by atoms with Gasteiger partial charge in [0.15, 0.2) is 0 Å². The normalized spacial score (nSPS) is 11.3. The molecule has 1 heterocycles. The molecule has 0 saturated carbocycles. The van der Waals surface area contributed by atoms with Crippen LogP contribution in [0.1, 0.15) is 27.2 Å². The van der Waals surface area contributed by atoms with Gasteiger partial charge in [0.05, 0.1) is 6.42 Å². The number of hydrogen-bond donors (Lipinski definition) is 2. The van der Waals surface area contributed by atoms with Crippen molar-refractivity contribution >= 4 is 23.3 Å². The van der Waals surface area contributed by atoms with Crippen LogP contribution >= 0.6 is 0 Å². The molecule has 0 saturated heterocycles. The first-order chi connectivity index (χ1) is 8.99. The molecule has 1 rings (SSSR count).